The lowest BCUT2D eigenvalue weighted by Gasteiger charge is -2.24. The number of hydrogen-bond acceptors (Lipinski definition) is 2. The van der Waals surface area contributed by atoms with Gasteiger partial charge in [0, 0.05) is 6.42 Å². The SMILES string of the molecule is CC(NC(=O)C1(c2cccc(F)c2)CC1)C(O)Cc1ccccc1. The van der Waals surface area contributed by atoms with Crippen molar-refractivity contribution in [1.82, 2.24) is 5.32 Å². The average Bonchev–Trinajstić information content (AvgIpc) is 3.37. The zero-order chi connectivity index (χ0) is 17.2. The van der Waals surface area contributed by atoms with Crippen molar-refractivity contribution in [2.45, 2.75) is 43.7 Å². The molecule has 1 aliphatic carbocycles. The highest BCUT2D eigenvalue weighted by Crippen LogP contribution is 2.48. The summed E-state index contributed by atoms with van der Waals surface area (Å²) in [6.07, 6.45) is 1.24. The molecule has 1 aliphatic rings. The number of aliphatic hydroxyl groups is 1. The molecular weight excluding hydrogens is 305 g/mol. The van der Waals surface area contributed by atoms with Gasteiger partial charge in [-0.15, -0.1) is 0 Å². The molecule has 2 N–H and O–H groups in total. The largest absolute Gasteiger partial charge is 0.391 e. The number of rotatable bonds is 6. The van der Waals surface area contributed by atoms with Crippen molar-refractivity contribution in [3.63, 3.8) is 0 Å². The average molecular weight is 327 g/mol. The Morgan fingerprint density at radius 1 is 1.21 bits per heavy atom. The molecule has 0 saturated heterocycles. The summed E-state index contributed by atoms with van der Waals surface area (Å²) in [5, 5.41) is 13.3. The first kappa shape index (κ1) is 16.7. The van der Waals surface area contributed by atoms with Crippen LogP contribution in [0.25, 0.3) is 0 Å². The molecule has 1 saturated carbocycles. The summed E-state index contributed by atoms with van der Waals surface area (Å²) in [6.45, 7) is 1.80. The molecular formula is C20H22FNO2. The Balaban J connectivity index is 1.64. The van der Waals surface area contributed by atoms with E-state index in [2.05, 4.69) is 5.32 Å². The summed E-state index contributed by atoms with van der Waals surface area (Å²) in [6, 6.07) is 15.5. The fraction of sp³-hybridized carbons (Fsp3) is 0.350. The highest BCUT2D eigenvalue weighted by molar-refractivity contribution is 5.91. The van der Waals surface area contributed by atoms with Gasteiger partial charge in [-0.25, -0.2) is 4.39 Å². The molecule has 0 radical (unpaired) electrons. The molecule has 0 heterocycles. The maximum Gasteiger partial charge on any atom is 0.230 e. The van der Waals surface area contributed by atoms with Crippen LogP contribution in [-0.4, -0.2) is 23.2 Å². The predicted molar refractivity (Wildman–Crippen MR) is 91.1 cm³/mol. The molecule has 2 aromatic carbocycles. The summed E-state index contributed by atoms with van der Waals surface area (Å²) < 4.78 is 13.5. The van der Waals surface area contributed by atoms with E-state index in [1.807, 2.05) is 30.3 Å². The number of hydrogen-bond donors (Lipinski definition) is 2. The molecule has 126 valence electrons. The molecule has 3 nitrogen and oxygen atoms in total. The van der Waals surface area contributed by atoms with Crippen LogP contribution in [0.4, 0.5) is 4.39 Å². The molecule has 3 rings (SSSR count). The normalized spacial score (nSPS) is 17.8. The molecule has 4 heteroatoms. The molecule has 0 aromatic heterocycles. The first-order chi connectivity index (χ1) is 11.5. The number of benzene rings is 2. The minimum Gasteiger partial charge on any atom is -0.391 e. The third-order valence-corrected chi connectivity index (χ3v) is 4.79. The van der Waals surface area contributed by atoms with Gasteiger partial charge in [0.2, 0.25) is 5.91 Å². The van der Waals surface area contributed by atoms with Crippen molar-refractivity contribution in [1.29, 1.82) is 0 Å². The Labute approximate surface area is 141 Å². The fourth-order valence-electron chi connectivity index (χ4n) is 3.03. The number of carbonyl (C=O) groups excluding carboxylic acids is 1. The van der Waals surface area contributed by atoms with Gasteiger partial charge in [0.1, 0.15) is 5.82 Å². The Hall–Kier alpha value is -2.20. The predicted octanol–water partition coefficient (Wildman–Crippen LogP) is 2.97. The molecule has 2 unspecified atom stereocenters. The number of aliphatic hydroxyl groups excluding tert-OH is 1. The van der Waals surface area contributed by atoms with Gasteiger partial charge < -0.3 is 10.4 Å². The van der Waals surface area contributed by atoms with E-state index in [1.54, 1.807) is 19.1 Å². The van der Waals surface area contributed by atoms with Gasteiger partial charge in [0.15, 0.2) is 0 Å². The van der Waals surface area contributed by atoms with Gasteiger partial charge in [-0.05, 0) is 43.0 Å². The highest BCUT2D eigenvalue weighted by atomic mass is 19.1. The number of amides is 1. The van der Waals surface area contributed by atoms with Crippen LogP contribution in [0.15, 0.2) is 54.6 Å². The van der Waals surface area contributed by atoms with Crippen molar-refractivity contribution >= 4 is 5.91 Å². The van der Waals surface area contributed by atoms with Crippen LogP contribution < -0.4 is 5.32 Å². The highest BCUT2D eigenvalue weighted by Gasteiger charge is 2.51. The second kappa shape index (κ2) is 6.73. The second-order valence-electron chi connectivity index (χ2n) is 6.61. The van der Waals surface area contributed by atoms with Crippen molar-refractivity contribution < 1.29 is 14.3 Å². The van der Waals surface area contributed by atoms with Gasteiger partial charge in [0.25, 0.3) is 0 Å². The fourth-order valence-corrected chi connectivity index (χ4v) is 3.03. The van der Waals surface area contributed by atoms with Crippen molar-refractivity contribution in [2.24, 2.45) is 0 Å². The van der Waals surface area contributed by atoms with E-state index in [9.17, 15) is 14.3 Å². The van der Waals surface area contributed by atoms with E-state index < -0.39 is 11.5 Å². The lowest BCUT2D eigenvalue weighted by Crippen LogP contribution is -2.46. The molecule has 0 aliphatic heterocycles. The van der Waals surface area contributed by atoms with Gasteiger partial charge in [-0.3, -0.25) is 4.79 Å². The number of carbonyl (C=O) groups is 1. The zero-order valence-electron chi connectivity index (χ0n) is 13.7. The maximum absolute atomic E-state index is 13.5. The molecule has 2 atom stereocenters. The third kappa shape index (κ3) is 3.49. The van der Waals surface area contributed by atoms with E-state index in [-0.39, 0.29) is 17.8 Å². The van der Waals surface area contributed by atoms with E-state index in [0.29, 0.717) is 24.8 Å². The molecule has 1 fully saturated rings. The number of nitrogens with one attached hydrogen (secondary N) is 1. The Bertz CT molecular complexity index is 713. The lowest BCUT2D eigenvalue weighted by molar-refractivity contribution is -0.125. The standard InChI is InChI=1S/C20H22FNO2/c1-14(18(23)12-15-6-3-2-4-7-15)22-19(24)20(10-11-20)16-8-5-9-17(21)13-16/h2-9,13-14,18,23H,10-12H2,1H3,(H,22,24). The minimum atomic E-state index is -0.667. The summed E-state index contributed by atoms with van der Waals surface area (Å²) in [5.41, 5.74) is 1.10. The van der Waals surface area contributed by atoms with Gasteiger partial charge in [-0.2, -0.15) is 0 Å². The zero-order valence-corrected chi connectivity index (χ0v) is 13.7. The third-order valence-electron chi connectivity index (χ3n) is 4.79. The quantitative estimate of drug-likeness (QED) is 0.857. The van der Waals surface area contributed by atoms with Crippen LogP contribution in [0.1, 0.15) is 30.9 Å². The summed E-state index contributed by atoms with van der Waals surface area (Å²) in [5.74, 6) is -0.462. The van der Waals surface area contributed by atoms with Crippen molar-refractivity contribution in [2.75, 3.05) is 0 Å². The van der Waals surface area contributed by atoms with Crippen LogP contribution in [0.5, 0.6) is 0 Å². The van der Waals surface area contributed by atoms with Crippen molar-refractivity contribution in [3.8, 4) is 0 Å². The Kier molecular flexibility index (Phi) is 4.67. The van der Waals surface area contributed by atoms with Gasteiger partial charge >= 0.3 is 0 Å². The van der Waals surface area contributed by atoms with Crippen molar-refractivity contribution in [3.05, 3.63) is 71.5 Å². The smallest absolute Gasteiger partial charge is 0.230 e. The molecule has 0 spiro atoms. The summed E-state index contributed by atoms with van der Waals surface area (Å²) in [7, 11) is 0. The van der Waals surface area contributed by atoms with Gasteiger partial charge in [0.05, 0.1) is 17.6 Å². The monoisotopic (exact) mass is 327 g/mol. The van der Waals surface area contributed by atoms with E-state index in [1.165, 1.54) is 12.1 Å². The van der Waals surface area contributed by atoms with Crippen LogP contribution in [0.3, 0.4) is 0 Å². The lowest BCUT2D eigenvalue weighted by atomic mass is 9.94. The maximum atomic E-state index is 13.5. The molecule has 0 bridgehead atoms. The van der Waals surface area contributed by atoms with E-state index >= 15 is 0 Å². The first-order valence-electron chi connectivity index (χ1n) is 8.30. The Morgan fingerprint density at radius 3 is 2.54 bits per heavy atom. The molecule has 2 aromatic rings. The van der Waals surface area contributed by atoms with Crippen LogP contribution in [0, 0.1) is 5.82 Å². The van der Waals surface area contributed by atoms with Crippen LogP contribution in [0.2, 0.25) is 0 Å². The van der Waals surface area contributed by atoms with Gasteiger partial charge in [-0.1, -0.05) is 42.5 Å². The molecule has 24 heavy (non-hydrogen) atoms. The minimum absolute atomic E-state index is 0.132. The summed E-state index contributed by atoms with van der Waals surface area (Å²) in [4.78, 5) is 12.7. The van der Waals surface area contributed by atoms with E-state index in [0.717, 1.165) is 5.56 Å². The molecule has 1 amide bonds. The summed E-state index contributed by atoms with van der Waals surface area (Å²) >= 11 is 0. The van der Waals surface area contributed by atoms with Crippen LogP contribution in [-0.2, 0) is 16.6 Å². The number of halogens is 1. The second-order valence-corrected chi connectivity index (χ2v) is 6.61. The van der Waals surface area contributed by atoms with Crippen LogP contribution >= 0.6 is 0 Å². The topological polar surface area (TPSA) is 49.3 Å². The van der Waals surface area contributed by atoms with E-state index in [4.69, 9.17) is 0 Å². The first-order valence-corrected chi connectivity index (χ1v) is 8.30. The Morgan fingerprint density at radius 2 is 1.92 bits per heavy atom.